The van der Waals surface area contributed by atoms with E-state index in [0.29, 0.717) is 22.3 Å². The van der Waals surface area contributed by atoms with Crippen molar-refractivity contribution in [2.45, 2.75) is 33.9 Å². The lowest BCUT2D eigenvalue weighted by Gasteiger charge is -2.21. The molecule has 0 atom stereocenters. The van der Waals surface area contributed by atoms with Crippen molar-refractivity contribution in [1.29, 1.82) is 10.5 Å². The molecule has 0 unspecified atom stereocenters. The molecular weight excluding hydrogens is 846 g/mol. The van der Waals surface area contributed by atoms with Crippen LogP contribution in [0.2, 0.25) is 0 Å². The highest BCUT2D eigenvalue weighted by molar-refractivity contribution is 6.13. The quantitative estimate of drug-likeness (QED) is 0.167. The highest BCUT2D eigenvalue weighted by Gasteiger charge is 2.34. The highest BCUT2D eigenvalue weighted by Crippen LogP contribution is 2.45. The standard InChI is InChI=1S/C61H41F3N4/c1-36-23-37(2)26-45(25-36)42-15-20-58-51(31-42)48-9-5-7-11-55(48)67(58)57-19-14-40(34-65)29-50(57)53-33-44(47-18-13-41(35-66)30-54(47)61(62,63)64)17-22-60(53)68-56-12-8-6-10-49(56)52-32-43(16-21-59(52)68)46-27-38(3)24-39(4)28-46/h5-33H,1-4H3. The Kier molecular flexibility index (Phi) is 9.92. The number of benzene rings is 9. The average molecular weight is 887 g/mol. The van der Waals surface area contributed by atoms with Gasteiger partial charge in [-0.2, -0.15) is 23.7 Å². The fourth-order valence-electron chi connectivity index (χ4n) is 10.3. The van der Waals surface area contributed by atoms with Gasteiger partial charge in [-0.3, -0.25) is 0 Å². The van der Waals surface area contributed by atoms with Gasteiger partial charge in [-0.15, -0.1) is 0 Å². The zero-order valence-corrected chi connectivity index (χ0v) is 37.7. The second-order valence-corrected chi connectivity index (χ2v) is 17.9. The van der Waals surface area contributed by atoms with Crippen LogP contribution in [-0.4, -0.2) is 9.13 Å². The number of hydrogen-bond donors (Lipinski definition) is 0. The number of halogens is 3. The molecule has 0 aliphatic heterocycles. The van der Waals surface area contributed by atoms with Crippen molar-refractivity contribution in [3.63, 3.8) is 0 Å². The van der Waals surface area contributed by atoms with Gasteiger partial charge in [0, 0.05) is 32.7 Å². The molecule has 326 valence electrons. The van der Waals surface area contributed by atoms with Crippen molar-refractivity contribution in [2.24, 2.45) is 0 Å². The minimum Gasteiger partial charge on any atom is -0.309 e. The number of alkyl halides is 3. The van der Waals surface area contributed by atoms with Gasteiger partial charge in [0.05, 0.1) is 62.3 Å². The summed E-state index contributed by atoms with van der Waals surface area (Å²) in [5, 5.41) is 24.3. The van der Waals surface area contributed by atoms with Crippen molar-refractivity contribution in [3.8, 4) is 68.0 Å². The Morgan fingerprint density at radius 3 is 1.29 bits per heavy atom. The first kappa shape index (κ1) is 42.0. The molecule has 0 bridgehead atoms. The number of rotatable bonds is 6. The molecule has 0 saturated carbocycles. The summed E-state index contributed by atoms with van der Waals surface area (Å²) in [6.45, 7) is 8.40. The molecule has 11 aromatic rings. The third-order valence-electron chi connectivity index (χ3n) is 13.1. The SMILES string of the molecule is Cc1cc(C)cc(-c2ccc3c(c2)c2ccccc2n3-c2ccc(C#N)cc2-c2cc(-c3ccc(C#N)cc3C(F)(F)F)ccc2-n2c3ccccc3c3cc(-c4cc(C)cc(C)c4)ccc32)c1. The van der Waals surface area contributed by atoms with Crippen molar-refractivity contribution in [3.05, 3.63) is 215 Å². The summed E-state index contributed by atoms with van der Waals surface area (Å²) in [6.07, 6.45) is -4.74. The summed E-state index contributed by atoms with van der Waals surface area (Å²) in [5.74, 6) is 0. The topological polar surface area (TPSA) is 57.4 Å². The first-order valence-electron chi connectivity index (χ1n) is 22.4. The number of nitrogens with zero attached hydrogens (tertiary/aromatic N) is 4. The monoisotopic (exact) mass is 886 g/mol. The summed E-state index contributed by atoms with van der Waals surface area (Å²) in [4.78, 5) is 0. The van der Waals surface area contributed by atoms with Gasteiger partial charge in [0.1, 0.15) is 0 Å². The number of aryl methyl sites for hydroxylation is 4. The van der Waals surface area contributed by atoms with E-state index in [4.69, 9.17) is 0 Å². The molecule has 68 heavy (non-hydrogen) atoms. The first-order chi connectivity index (χ1) is 32.9. The maximum Gasteiger partial charge on any atom is 0.417 e. The van der Waals surface area contributed by atoms with Gasteiger partial charge in [-0.1, -0.05) is 119 Å². The molecular formula is C61H41F3N4. The fourth-order valence-corrected chi connectivity index (χ4v) is 10.3. The van der Waals surface area contributed by atoms with Crippen molar-refractivity contribution in [1.82, 2.24) is 9.13 Å². The van der Waals surface area contributed by atoms with E-state index in [2.05, 4.69) is 140 Å². The average Bonchev–Trinajstić information content (AvgIpc) is 3.84. The van der Waals surface area contributed by atoms with Gasteiger partial charge < -0.3 is 9.13 Å². The number of hydrogen-bond acceptors (Lipinski definition) is 2. The molecule has 0 saturated heterocycles. The lowest BCUT2D eigenvalue weighted by molar-refractivity contribution is -0.137. The van der Waals surface area contributed by atoms with Crippen LogP contribution < -0.4 is 0 Å². The zero-order valence-electron chi connectivity index (χ0n) is 37.7. The Morgan fingerprint density at radius 2 is 0.794 bits per heavy atom. The first-order valence-corrected chi connectivity index (χ1v) is 22.4. The minimum absolute atomic E-state index is 0.0571. The number of fused-ring (bicyclic) bond motifs is 6. The molecule has 0 N–H and O–H groups in total. The summed E-state index contributed by atoms with van der Waals surface area (Å²) >= 11 is 0. The summed E-state index contributed by atoms with van der Waals surface area (Å²) in [7, 11) is 0. The number of para-hydroxylation sites is 2. The van der Waals surface area contributed by atoms with E-state index in [0.717, 1.165) is 83.3 Å². The van der Waals surface area contributed by atoms with Gasteiger partial charge in [0.2, 0.25) is 0 Å². The van der Waals surface area contributed by atoms with Gasteiger partial charge in [0.15, 0.2) is 0 Å². The van der Waals surface area contributed by atoms with Crippen LogP contribution in [-0.2, 0) is 6.18 Å². The van der Waals surface area contributed by atoms with Crippen LogP contribution in [0.15, 0.2) is 176 Å². The lowest BCUT2D eigenvalue weighted by atomic mass is 9.92. The largest absolute Gasteiger partial charge is 0.417 e. The molecule has 2 aromatic heterocycles. The van der Waals surface area contributed by atoms with E-state index in [1.54, 1.807) is 12.1 Å². The molecule has 0 spiro atoms. The Morgan fingerprint density at radius 1 is 0.368 bits per heavy atom. The summed E-state index contributed by atoms with van der Waals surface area (Å²) in [6, 6.07) is 61.4. The molecule has 0 aliphatic carbocycles. The Labute approximate surface area is 391 Å². The Balaban J connectivity index is 1.23. The molecule has 9 aromatic carbocycles. The predicted octanol–water partition coefficient (Wildman–Crippen LogP) is 16.5. The van der Waals surface area contributed by atoms with Crippen LogP contribution >= 0.6 is 0 Å². The van der Waals surface area contributed by atoms with Gasteiger partial charge in [0.25, 0.3) is 0 Å². The van der Waals surface area contributed by atoms with Crippen LogP contribution in [0.3, 0.4) is 0 Å². The molecule has 0 radical (unpaired) electrons. The van der Waals surface area contributed by atoms with Gasteiger partial charge in [-0.05, 0) is 140 Å². The Bertz CT molecular complexity index is 3940. The Hall–Kier alpha value is -8.65. The number of nitriles is 2. The second kappa shape index (κ2) is 16.0. The van der Waals surface area contributed by atoms with Crippen molar-refractivity contribution in [2.75, 3.05) is 0 Å². The summed E-state index contributed by atoms with van der Waals surface area (Å²) in [5.41, 5.74) is 15.2. The molecule has 2 heterocycles. The van der Waals surface area contributed by atoms with Crippen LogP contribution in [0.25, 0.3) is 99.5 Å². The van der Waals surface area contributed by atoms with Gasteiger partial charge in [-0.25, -0.2) is 0 Å². The van der Waals surface area contributed by atoms with E-state index in [1.165, 1.54) is 34.4 Å². The normalized spacial score (nSPS) is 11.7. The van der Waals surface area contributed by atoms with E-state index >= 15 is 0 Å². The van der Waals surface area contributed by atoms with E-state index < -0.39 is 11.7 Å². The predicted molar refractivity (Wildman–Crippen MR) is 270 cm³/mol. The fraction of sp³-hybridized carbons (Fsp3) is 0.0820. The van der Waals surface area contributed by atoms with Crippen LogP contribution in [0.4, 0.5) is 13.2 Å². The van der Waals surface area contributed by atoms with Crippen molar-refractivity contribution >= 4 is 43.6 Å². The van der Waals surface area contributed by atoms with Crippen LogP contribution in [0.1, 0.15) is 38.9 Å². The third-order valence-corrected chi connectivity index (χ3v) is 13.1. The van der Waals surface area contributed by atoms with E-state index in [-0.39, 0.29) is 11.1 Å². The molecule has 0 aliphatic rings. The maximum absolute atomic E-state index is 15.0. The number of aromatic nitrogens is 2. The summed E-state index contributed by atoms with van der Waals surface area (Å²) < 4.78 is 49.4. The van der Waals surface area contributed by atoms with Crippen LogP contribution in [0.5, 0.6) is 0 Å². The smallest absolute Gasteiger partial charge is 0.309 e. The van der Waals surface area contributed by atoms with Crippen molar-refractivity contribution < 1.29 is 13.2 Å². The zero-order chi connectivity index (χ0) is 47.0. The molecule has 0 amide bonds. The molecule has 4 nitrogen and oxygen atoms in total. The second-order valence-electron chi connectivity index (χ2n) is 17.9. The molecule has 11 rings (SSSR count). The highest BCUT2D eigenvalue weighted by atomic mass is 19.4. The van der Waals surface area contributed by atoms with Crippen LogP contribution in [0, 0.1) is 50.4 Å². The maximum atomic E-state index is 15.0. The van der Waals surface area contributed by atoms with Gasteiger partial charge >= 0.3 is 6.18 Å². The van der Waals surface area contributed by atoms with E-state index in [1.807, 2.05) is 54.6 Å². The lowest BCUT2D eigenvalue weighted by Crippen LogP contribution is -2.08. The third kappa shape index (κ3) is 7.08. The van der Waals surface area contributed by atoms with E-state index in [9.17, 15) is 23.7 Å². The molecule has 7 heteroatoms. The minimum atomic E-state index is -4.74. The molecule has 0 fully saturated rings.